The predicted molar refractivity (Wildman–Crippen MR) is 70.2 cm³/mol. The molecule has 4 nitrogen and oxygen atoms in total. The smallest absolute Gasteiger partial charge is 0.250 e. The van der Waals surface area contributed by atoms with E-state index in [0.717, 1.165) is 32.5 Å². The third-order valence-corrected chi connectivity index (χ3v) is 3.45. The zero-order chi connectivity index (χ0) is 13.0. The molecule has 1 aromatic heterocycles. The molecule has 1 aromatic rings. The highest BCUT2D eigenvalue weighted by Crippen LogP contribution is 2.18. The summed E-state index contributed by atoms with van der Waals surface area (Å²) in [5.41, 5.74) is 0.0436. The lowest BCUT2D eigenvalue weighted by molar-refractivity contribution is -0.127. The van der Waals surface area contributed by atoms with Crippen LogP contribution in [0.4, 0.5) is 0 Å². The van der Waals surface area contributed by atoms with Gasteiger partial charge in [-0.15, -0.1) is 0 Å². The Hall–Kier alpha value is -1.84. The molecule has 0 saturated carbocycles. The van der Waals surface area contributed by atoms with Crippen LogP contribution in [-0.4, -0.2) is 28.5 Å². The van der Waals surface area contributed by atoms with Crippen molar-refractivity contribution in [3.8, 4) is 0 Å². The zero-order valence-corrected chi connectivity index (χ0v) is 10.4. The minimum atomic E-state index is 0.00493. The number of hydrogen-bond donors (Lipinski definition) is 0. The third-order valence-electron chi connectivity index (χ3n) is 3.45. The van der Waals surface area contributed by atoms with Crippen molar-refractivity contribution >= 4 is 5.91 Å². The predicted octanol–water partition coefficient (Wildman–Crippen LogP) is 1.27. The fraction of sp³-hybridized carbons (Fsp3) is 0.429. The molecule has 1 fully saturated rings. The largest absolute Gasteiger partial charge is 0.339 e. The molecule has 4 heteroatoms. The molecule has 0 spiro atoms. The second-order valence-electron chi connectivity index (χ2n) is 4.66. The molecule has 0 aliphatic carbocycles. The Morgan fingerprint density at radius 1 is 1.39 bits per heavy atom. The average molecular weight is 246 g/mol. The van der Waals surface area contributed by atoms with Gasteiger partial charge in [-0.05, 0) is 30.9 Å². The number of aromatic nitrogens is 1. The van der Waals surface area contributed by atoms with E-state index in [9.17, 15) is 9.59 Å². The summed E-state index contributed by atoms with van der Waals surface area (Å²) in [5, 5.41) is 0. The number of pyridine rings is 1. The minimum absolute atomic E-state index is 0.00493. The Morgan fingerprint density at radius 3 is 2.72 bits per heavy atom. The van der Waals surface area contributed by atoms with Crippen LogP contribution in [-0.2, 0) is 11.3 Å². The van der Waals surface area contributed by atoms with Gasteiger partial charge in [0.25, 0.3) is 5.56 Å². The van der Waals surface area contributed by atoms with Crippen LogP contribution in [0.5, 0.6) is 0 Å². The number of hydrogen-bond acceptors (Lipinski definition) is 2. The molecule has 0 unspecified atom stereocenters. The van der Waals surface area contributed by atoms with Crippen molar-refractivity contribution in [1.82, 2.24) is 9.47 Å². The highest BCUT2D eigenvalue weighted by molar-refractivity contribution is 5.87. The van der Waals surface area contributed by atoms with Crippen LogP contribution < -0.4 is 5.56 Å². The summed E-state index contributed by atoms with van der Waals surface area (Å²) in [6.45, 7) is 5.77. The molecule has 18 heavy (non-hydrogen) atoms. The monoisotopic (exact) mass is 246 g/mol. The lowest BCUT2D eigenvalue weighted by Crippen LogP contribution is -2.39. The summed E-state index contributed by atoms with van der Waals surface area (Å²) in [6, 6.07) is 5.21. The number of amides is 1. The lowest BCUT2D eigenvalue weighted by Gasteiger charge is -2.31. The maximum absolute atomic E-state index is 11.6. The van der Waals surface area contributed by atoms with Crippen LogP contribution >= 0.6 is 0 Å². The molecule has 0 aromatic carbocycles. The molecule has 2 rings (SSSR count). The first-order valence-electron chi connectivity index (χ1n) is 6.27. The Bertz CT molecular complexity index is 485. The summed E-state index contributed by atoms with van der Waals surface area (Å²) in [7, 11) is 0. The topological polar surface area (TPSA) is 42.3 Å². The standard InChI is InChI=1S/C14H18N2O2/c1-2-13(17)15-9-6-12(7-10-15)11-16-8-4-3-5-14(16)18/h2-5,8,12H,1,6-7,9-11H2. The molecule has 96 valence electrons. The zero-order valence-electron chi connectivity index (χ0n) is 10.4. The lowest BCUT2D eigenvalue weighted by atomic mass is 9.96. The van der Waals surface area contributed by atoms with Gasteiger partial charge < -0.3 is 9.47 Å². The number of nitrogens with zero attached hydrogens (tertiary/aromatic N) is 2. The normalized spacial score (nSPS) is 16.6. The molecule has 1 amide bonds. The molecular formula is C14H18N2O2. The van der Waals surface area contributed by atoms with Gasteiger partial charge in [-0.2, -0.15) is 0 Å². The molecule has 1 aliphatic heterocycles. The second-order valence-corrected chi connectivity index (χ2v) is 4.66. The van der Waals surface area contributed by atoms with E-state index in [1.165, 1.54) is 6.08 Å². The average Bonchev–Trinajstić information content (AvgIpc) is 2.41. The van der Waals surface area contributed by atoms with Gasteiger partial charge in [0.15, 0.2) is 0 Å². The maximum atomic E-state index is 11.6. The van der Waals surface area contributed by atoms with Gasteiger partial charge in [0, 0.05) is 31.9 Å². The summed E-state index contributed by atoms with van der Waals surface area (Å²) >= 11 is 0. The van der Waals surface area contributed by atoms with Gasteiger partial charge in [-0.1, -0.05) is 12.6 Å². The number of carbonyl (C=O) groups excluding carboxylic acids is 1. The van der Waals surface area contributed by atoms with Gasteiger partial charge in [-0.25, -0.2) is 0 Å². The first kappa shape index (κ1) is 12.6. The Balaban J connectivity index is 1.91. The SMILES string of the molecule is C=CC(=O)N1CCC(Cn2ccccc2=O)CC1. The molecule has 1 saturated heterocycles. The van der Waals surface area contributed by atoms with E-state index in [1.54, 1.807) is 16.7 Å². The van der Waals surface area contributed by atoms with Crippen LogP contribution in [0.25, 0.3) is 0 Å². The number of carbonyl (C=O) groups is 1. The van der Waals surface area contributed by atoms with Crippen molar-refractivity contribution in [3.05, 3.63) is 47.4 Å². The van der Waals surface area contributed by atoms with Crippen molar-refractivity contribution in [2.45, 2.75) is 19.4 Å². The quantitative estimate of drug-likeness (QED) is 0.754. The fourth-order valence-electron chi connectivity index (χ4n) is 2.35. The van der Waals surface area contributed by atoms with E-state index in [2.05, 4.69) is 6.58 Å². The molecule has 0 atom stereocenters. The first-order chi connectivity index (χ1) is 8.70. The van der Waals surface area contributed by atoms with Crippen molar-refractivity contribution < 1.29 is 4.79 Å². The van der Waals surface area contributed by atoms with Crippen LogP contribution in [0, 0.1) is 5.92 Å². The van der Waals surface area contributed by atoms with Crippen LogP contribution in [0.3, 0.4) is 0 Å². The Morgan fingerprint density at radius 2 is 2.11 bits per heavy atom. The number of likely N-dealkylation sites (tertiary alicyclic amines) is 1. The highest BCUT2D eigenvalue weighted by Gasteiger charge is 2.21. The Kier molecular flexibility index (Phi) is 3.97. The van der Waals surface area contributed by atoms with Gasteiger partial charge in [-0.3, -0.25) is 9.59 Å². The molecular weight excluding hydrogens is 228 g/mol. The number of rotatable bonds is 3. The maximum Gasteiger partial charge on any atom is 0.250 e. The molecule has 2 heterocycles. The van der Waals surface area contributed by atoms with E-state index in [1.807, 2.05) is 17.2 Å². The van der Waals surface area contributed by atoms with E-state index in [4.69, 9.17) is 0 Å². The summed E-state index contributed by atoms with van der Waals surface area (Å²) in [6.07, 6.45) is 5.08. The summed E-state index contributed by atoms with van der Waals surface area (Å²) in [4.78, 5) is 24.9. The molecule has 0 bridgehead atoms. The van der Waals surface area contributed by atoms with Gasteiger partial charge >= 0.3 is 0 Å². The highest BCUT2D eigenvalue weighted by atomic mass is 16.2. The number of piperidine rings is 1. The van der Waals surface area contributed by atoms with E-state index in [-0.39, 0.29) is 11.5 Å². The van der Waals surface area contributed by atoms with Crippen molar-refractivity contribution in [1.29, 1.82) is 0 Å². The van der Waals surface area contributed by atoms with Crippen LogP contribution in [0.15, 0.2) is 41.8 Å². The van der Waals surface area contributed by atoms with Crippen molar-refractivity contribution in [2.24, 2.45) is 5.92 Å². The third kappa shape index (κ3) is 2.88. The van der Waals surface area contributed by atoms with Crippen molar-refractivity contribution in [3.63, 3.8) is 0 Å². The summed E-state index contributed by atoms with van der Waals surface area (Å²) < 4.78 is 1.75. The minimum Gasteiger partial charge on any atom is -0.339 e. The van der Waals surface area contributed by atoms with Crippen LogP contribution in [0.2, 0.25) is 0 Å². The fourth-order valence-corrected chi connectivity index (χ4v) is 2.35. The van der Waals surface area contributed by atoms with Gasteiger partial charge in [0.05, 0.1) is 0 Å². The first-order valence-corrected chi connectivity index (χ1v) is 6.27. The Labute approximate surface area is 107 Å². The molecule has 0 N–H and O–H groups in total. The molecule has 1 aliphatic rings. The van der Waals surface area contributed by atoms with Gasteiger partial charge in [0.2, 0.25) is 5.91 Å². The van der Waals surface area contributed by atoms with Crippen molar-refractivity contribution in [2.75, 3.05) is 13.1 Å². The van der Waals surface area contributed by atoms with E-state index in [0.29, 0.717) is 5.92 Å². The van der Waals surface area contributed by atoms with Gasteiger partial charge in [0.1, 0.15) is 0 Å². The van der Waals surface area contributed by atoms with E-state index >= 15 is 0 Å². The summed E-state index contributed by atoms with van der Waals surface area (Å²) in [5.74, 6) is 0.476. The second kappa shape index (κ2) is 5.67. The van der Waals surface area contributed by atoms with E-state index < -0.39 is 0 Å². The molecule has 0 radical (unpaired) electrons. The van der Waals surface area contributed by atoms with Crippen LogP contribution in [0.1, 0.15) is 12.8 Å².